The van der Waals surface area contributed by atoms with Crippen LogP contribution in [-0.2, 0) is 9.36 Å². The van der Waals surface area contributed by atoms with E-state index in [0.717, 1.165) is 46.6 Å². The van der Waals surface area contributed by atoms with E-state index in [1.807, 2.05) is 36.4 Å². The second-order valence-corrected chi connectivity index (χ2v) is 13.8. The Morgan fingerprint density at radius 1 is 1.13 bits per heavy atom. The lowest BCUT2D eigenvalue weighted by atomic mass is 9.96. The second-order valence-electron chi connectivity index (χ2n) is 10.2. The van der Waals surface area contributed by atoms with Crippen molar-refractivity contribution < 1.29 is 18.5 Å². The predicted molar refractivity (Wildman–Crippen MR) is 150 cm³/mol. The maximum absolute atomic E-state index is 14.0. The minimum absolute atomic E-state index is 0.117. The first kappa shape index (κ1) is 26.4. The third-order valence-electron chi connectivity index (χ3n) is 6.91. The van der Waals surface area contributed by atoms with Crippen molar-refractivity contribution in [1.82, 2.24) is 10.3 Å². The van der Waals surface area contributed by atoms with Gasteiger partial charge in [-0.1, -0.05) is 41.9 Å². The Balaban J connectivity index is 1.38. The van der Waals surface area contributed by atoms with Crippen LogP contribution in [0.5, 0.6) is 0 Å². The summed E-state index contributed by atoms with van der Waals surface area (Å²) in [6, 6.07) is 13.4. The van der Waals surface area contributed by atoms with Gasteiger partial charge in [-0.05, 0) is 79.8 Å². The predicted octanol–water partition coefficient (Wildman–Crippen LogP) is 5.98. The third-order valence-corrected chi connectivity index (χ3v) is 8.67. The van der Waals surface area contributed by atoms with Crippen molar-refractivity contribution in [2.45, 2.75) is 37.6 Å². The van der Waals surface area contributed by atoms with Crippen LogP contribution < -0.4 is 20.8 Å². The fourth-order valence-corrected chi connectivity index (χ4v) is 6.31. The van der Waals surface area contributed by atoms with E-state index in [4.69, 9.17) is 11.6 Å². The minimum atomic E-state index is -2.49. The Hall–Kier alpha value is -3.22. The molecule has 198 valence electrons. The summed E-state index contributed by atoms with van der Waals surface area (Å²) in [6.45, 7) is 4.09. The van der Waals surface area contributed by atoms with Crippen LogP contribution in [-0.4, -0.2) is 42.8 Å². The molecule has 0 radical (unpaired) electrons. The number of urea groups is 1. The van der Waals surface area contributed by atoms with Crippen molar-refractivity contribution in [1.29, 1.82) is 0 Å². The molecule has 2 aliphatic rings. The van der Waals surface area contributed by atoms with Crippen molar-refractivity contribution in [3.63, 3.8) is 0 Å². The van der Waals surface area contributed by atoms with E-state index in [-0.39, 0.29) is 16.7 Å². The molecule has 38 heavy (non-hydrogen) atoms. The molecule has 0 spiro atoms. The molecule has 10 heteroatoms. The van der Waals surface area contributed by atoms with Crippen molar-refractivity contribution in [3.05, 3.63) is 71.1 Å². The molecule has 2 aromatic carbocycles. The second kappa shape index (κ2) is 10.5. The Kier molecular flexibility index (Phi) is 7.30. The van der Waals surface area contributed by atoms with Crippen molar-refractivity contribution >= 4 is 47.5 Å². The number of rotatable bonds is 6. The molecule has 5 rings (SSSR count). The van der Waals surface area contributed by atoms with E-state index in [0.29, 0.717) is 25.3 Å². The highest BCUT2D eigenvalue weighted by molar-refractivity contribution is 7.70. The largest absolute Gasteiger partial charge is 0.326 e. The van der Waals surface area contributed by atoms with Crippen LogP contribution in [0.2, 0.25) is 5.02 Å². The summed E-state index contributed by atoms with van der Waals surface area (Å²) in [5, 5.41) is 5.98. The Bertz CT molecular complexity index is 1460. The maximum Gasteiger partial charge on any atom is 0.321 e. The van der Waals surface area contributed by atoms with Gasteiger partial charge in [-0.2, -0.15) is 0 Å². The van der Waals surface area contributed by atoms with Gasteiger partial charge in [-0.3, -0.25) is 10.1 Å². The van der Waals surface area contributed by atoms with Crippen LogP contribution in [0.15, 0.2) is 54.7 Å². The van der Waals surface area contributed by atoms with Gasteiger partial charge in [0.15, 0.2) is 11.6 Å². The Morgan fingerprint density at radius 2 is 1.89 bits per heavy atom. The quantitative estimate of drug-likeness (QED) is 0.367. The molecule has 1 saturated carbocycles. The summed E-state index contributed by atoms with van der Waals surface area (Å²) < 4.78 is 27.0. The molecule has 0 bridgehead atoms. The van der Waals surface area contributed by atoms with E-state index < -0.39 is 25.0 Å². The van der Waals surface area contributed by atoms with Gasteiger partial charge in [0.05, 0.1) is 5.02 Å². The first-order chi connectivity index (χ1) is 18.1. The van der Waals surface area contributed by atoms with Gasteiger partial charge in [0.2, 0.25) is 5.91 Å². The zero-order chi connectivity index (χ0) is 27.0. The van der Waals surface area contributed by atoms with E-state index in [2.05, 4.69) is 21.7 Å². The molecule has 1 unspecified atom stereocenters. The van der Waals surface area contributed by atoms with Crippen molar-refractivity contribution in [2.24, 2.45) is 0 Å². The van der Waals surface area contributed by atoms with Gasteiger partial charge < -0.3 is 14.8 Å². The molecule has 3 amide bonds. The first-order valence-corrected chi connectivity index (χ1v) is 15.6. The van der Waals surface area contributed by atoms with Crippen LogP contribution >= 0.6 is 18.7 Å². The molecular weight excluding hydrogens is 526 g/mol. The Labute approximate surface area is 226 Å². The molecule has 2 N–H and O–H groups in total. The summed E-state index contributed by atoms with van der Waals surface area (Å²) in [6.07, 6.45) is 4.50. The average molecular weight is 555 g/mol. The molecule has 7 nitrogen and oxygen atoms in total. The van der Waals surface area contributed by atoms with E-state index >= 15 is 0 Å². The average Bonchev–Trinajstić information content (AvgIpc) is 3.72. The van der Waals surface area contributed by atoms with E-state index in [1.54, 1.807) is 18.2 Å². The number of hydrogen-bond donors (Lipinski definition) is 2. The number of anilines is 2. The van der Waals surface area contributed by atoms with Crippen LogP contribution in [0, 0.1) is 5.82 Å². The number of aromatic nitrogens is 1. The number of amides is 3. The standard InChI is InChI=1S/C28H29ClFN4O3P/c1-38(2,37)25-8-4-3-6-20(25)18-11-12-24(21(14-18)17-9-10-17)34-13-5-7-23(27(34)35)32-28(36)33-26-22(30)15-19(29)16-31-26/h3-4,6,8,11-12,14-17,23H,5,7,9-10,13H2,1-2H3,(H2,31,32,33,36). The number of pyridine rings is 1. The van der Waals surface area contributed by atoms with E-state index in [9.17, 15) is 18.5 Å². The smallest absolute Gasteiger partial charge is 0.321 e. The van der Waals surface area contributed by atoms with Crippen LogP contribution in [0.3, 0.4) is 0 Å². The van der Waals surface area contributed by atoms with Crippen LogP contribution in [0.25, 0.3) is 11.1 Å². The fraction of sp³-hybridized carbons (Fsp3) is 0.321. The van der Waals surface area contributed by atoms with Gasteiger partial charge in [-0.15, -0.1) is 0 Å². The summed E-state index contributed by atoms with van der Waals surface area (Å²) in [5.41, 5.74) is 3.85. The molecule has 1 saturated heterocycles. The maximum atomic E-state index is 14.0. The molecule has 1 aliphatic heterocycles. The number of hydrogen-bond acceptors (Lipinski definition) is 4. The highest BCUT2D eigenvalue weighted by atomic mass is 35.5. The minimum Gasteiger partial charge on any atom is -0.326 e. The number of carbonyl (C=O) groups excluding carboxylic acids is 2. The normalized spacial score (nSPS) is 17.8. The van der Waals surface area contributed by atoms with Crippen LogP contribution in [0.1, 0.15) is 37.2 Å². The summed E-state index contributed by atoms with van der Waals surface area (Å²) in [4.78, 5) is 31.6. The van der Waals surface area contributed by atoms with Gasteiger partial charge in [-0.25, -0.2) is 14.2 Å². The lowest BCUT2D eigenvalue weighted by molar-refractivity contribution is -0.121. The summed E-state index contributed by atoms with van der Waals surface area (Å²) >= 11 is 5.72. The van der Waals surface area contributed by atoms with Gasteiger partial charge in [0.25, 0.3) is 0 Å². The number of benzene rings is 2. The van der Waals surface area contributed by atoms with E-state index in [1.165, 1.54) is 6.20 Å². The number of nitrogens with zero attached hydrogens (tertiary/aromatic N) is 2. The van der Waals surface area contributed by atoms with Gasteiger partial charge in [0.1, 0.15) is 13.2 Å². The first-order valence-electron chi connectivity index (χ1n) is 12.6. The molecule has 2 heterocycles. The zero-order valence-electron chi connectivity index (χ0n) is 21.2. The monoisotopic (exact) mass is 554 g/mol. The summed E-state index contributed by atoms with van der Waals surface area (Å²) in [7, 11) is -2.49. The molecule has 1 atom stereocenters. The molecule has 1 aromatic heterocycles. The topological polar surface area (TPSA) is 91.4 Å². The molecular formula is C28H29ClFN4O3P. The van der Waals surface area contributed by atoms with Crippen molar-refractivity contribution in [2.75, 3.05) is 30.1 Å². The summed E-state index contributed by atoms with van der Waals surface area (Å²) in [5.74, 6) is -0.877. The Morgan fingerprint density at radius 3 is 2.61 bits per heavy atom. The number of nitrogens with one attached hydrogen (secondary N) is 2. The molecule has 1 aliphatic carbocycles. The number of piperidine rings is 1. The zero-order valence-corrected chi connectivity index (χ0v) is 22.9. The SMILES string of the molecule is CP(C)(=O)c1ccccc1-c1ccc(N2CCCC(NC(=O)Nc3ncc(Cl)cc3F)C2=O)c(C2CC2)c1. The molecule has 3 aromatic rings. The van der Waals surface area contributed by atoms with Crippen LogP contribution in [0.4, 0.5) is 20.7 Å². The number of halogens is 2. The van der Waals surface area contributed by atoms with Gasteiger partial charge in [0, 0.05) is 23.7 Å². The lowest BCUT2D eigenvalue weighted by Gasteiger charge is -2.34. The highest BCUT2D eigenvalue weighted by Gasteiger charge is 2.35. The van der Waals surface area contributed by atoms with Gasteiger partial charge >= 0.3 is 6.03 Å². The lowest BCUT2D eigenvalue weighted by Crippen LogP contribution is -2.53. The van der Waals surface area contributed by atoms with Crippen molar-refractivity contribution in [3.8, 4) is 11.1 Å². The fourth-order valence-electron chi connectivity index (χ4n) is 4.93. The highest BCUT2D eigenvalue weighted by Crippen LogP contribution is 2.47. The number of carbonyl (C=O) groups is 2. The molecule has 2 fully saturated rings. The third kappa shape index (κ3) is 5.62.